The number of nitrogens with one attached hydrogen (secondary N) is 1. The van der Waals surface area contributed by atoms with Gasteiger partial charge in [0, 0.05) is 0 Å². The van der Waals surface area contributed by atoms with Crippen LogP contribution in [-0.4, -0.2) is 31.4 Å². The molecule has 0 saturated carbocycles. The van der Waals surface area contributed by atoms with Crippen LogP contribution in [0.2, 0.25) is 5.82 Å². The van der Waals surface area contributed by atoms with E-state index in [1.165, 1.54) is 12.8 Å². The first kappa shape index (κ1) is 15.3. The third-order valence-electron chi connectivity index (χ3n) is 4.28. The minimum Gasteiger partial charge on any atom is -0.403 e. The normalized spacial score (nSPS) is 31.8. The van der Waals surface area contributed by atoms with E-state index in [1.807, 2.05) is 0 Å². The van der Waals surface area contributed by atoms with Crippen molar-refractivity contribution in [3.63, 3.8) is 0 Å². The van der Waals surface area contributed by atoms with Crippen LogP contribution in [0.5, 0.6) is 0 Å². The predicted octanol–water partition coefficient (Wildman–Crippen LogP) is 2.64. The van der Waals surface area contributed by atoms with Crippen LogP contribution < -0.4 is 5.32 Å². The zero-order valence-corrected chi connectivity index (χ0v) is 12.2. The van der Waals surface area contributed by atoms with Gasteiger partial charge in [0.15, 0.2) is 0 Å². The fourth-order valence-corrected chi connectivity index (χ4v) is 2.40. The molecule has 1 unspecified atom stereocenters. The molecule has 1 N–H and O–H groups in total. The highest BCUT2D eigenvalue weighted by molar-refractivity contribution is 6.47. The first-order valence-corrected chi connectivity index (χ1v) is 6.49. The SMILES string of the molecule is CC1(C)OB(C2CCCNCC2)OC1(C)C.Cl. The molecule has 2 aliphatic rings. The van der Waals surface area contributed by atoms with Crippen LogP contribution in [0.4, 0.5) is 0 Å². The smallest absolute Gasteiger partial charge is 0.403 e. The van der Waals surface area contributed by atoms with E-state index in [4.69, 9.17) is 9.31 Å². The number of hydrogen-bond acceptors (Lipinski definition) is 3. The largest absolute Gasteiger partial charge is 0.461 e. The van der Waals surface area contributed by atoms with Gasteiger partial charge < -0.3 is 14.6 Å². The molecule has 0 aliphatic carbocycles. The molecule has 2 aliphatic heterocycles. The Kier molecular flexibility index (Phi) is 4.93. The number of hydrogen-bond donors (Lipinski definition) is 1. The van der Waals surface area contributed by atoms with E-state index in [0.29, 0.717) is 5.82 Å². The summed E-state index contributed by atoms with van der Waals surface area (Å²) < 4.78 is 12.2. The van der Waals surface area contributed by atoms with E-state index in [1.54, 1.807) is 0 Å². The van der Waals surface area contributed by atoms with E-state index >= 15 is 0 Å². The first-order chi connectivity index (χ1) is 7.42. The minimum absolute atomic E-state index is 0. The molecule has 0 amide bonds. The lowest BCUT2D eigenvalue weighted by Gasteiger charge is -2.32. The fraction of sp³-hybridized carbons (Fsp3) is 1.00. The summed E-state index contributed by atoms with van der Waals surface area (Å²) in [4.78, 5) is 0. The monoisotopic (exact) mass is 261 g/mol. The van der Waals surface area contributed by atoms with E-state index in [2.05, 4.69) is 33.0 Å². The summed E-state index contributed by atoms with van der Waals surface area (Å²) in [7, 11) is -0.00935. The van der Waals surface area contributed by atoms with Gasteiger partial charge in [0.2, 0.25) is 0 Å². The Labute approximate surface area is 112 Å². The van der Waals surface area contributed by atoms with Gasteiger partial charge in [-0.2, -0.15) is 0 Å². The number of halogens is 1. The molecule has 2 rings (SSSR count). The first-order valence-electron chi connectivity index (χ1n) is 6.49. The molecule has 1 atom stereocenters. The van der Waals surface area contributed by atoms with Crippen molar-refractivity contribution >= 4 is 19.5 Å². The summed E-state index contributed by atoms with van der Waals surface area (Å²) >= 11 is 0. The van der Waals surface area contributed by atoms with Crippen molar-refractivity contribution in [2.75, 3.05) is 13.1 Å². The molecule has 2 saturated heterocycles. The van der Waals surface area contributed by atoms with Crippen LogP contribution in [0.25, 0.3) is 0 Å². The van der Waals surface area contributed by atoms with Gasteiger partial charge in [0.25, 0.3) is 0 Å². The molecule has 2 heterocycles. The van der Waals surface area contributed by atoms with E-state index in [0.717, 1.165) is 19.5 Å². The fourth-order valence-electron chi connectivity index (χ4n) is 2.40. The molecule has 5 heteroatoms. The van der Waals surface area contributed by atoms with Gasteiger partial charge in [0.1, 0.15) is 0 Å². The Morgan fingerprint density at radius 2 is 1.59 bits per heavy atom. The van der Waals surface area contributed by atoms with Crippen molar-refractivity contribution in [3.05, 3.63) is 0 Å². The second-order valence-corrected chi connectivity index (χ2v) is 6.07. The summed E-state index contributed by atoms with van der Waals surface area (Å²) in [5, 5.41) is 3.43. The average Bonchev–Trinajstić information content (AvgIpc) is 2.42. The highest BCUT2D eigenvalue weighted by Crippen LogP contribution is 2.42. The van der Waals surface area contributed by atoms with Crippen LogP contribution in [0.3, 0.4) is 0 Å². The maximum atomic E-state index is 6.11. The van der Waals surface area contributed by atoms with Gasteiger partial charge in [-0.3, -0.25) is 0 Å². The summed E-state index contributed by atoms with van der Waals surface area (Å²) in [6.45, 7) is 10.7. The summed E-state index contributed by atoms with van der Waals surface area (Å²) in [6, 6.07) is 0. The molecule has 0 aromatic heterocycles. The van der Waals surface area contributed by atoms with Crippen molar-refractivity contribution in [1.82, 2.24) is 5.32 Å². The highest BCUT2D eigenvalue weighted by Gasteiger charge is 2.53. The summed E-state index contributed by atoms with van der Waals surface area (Å²) in [5.41, 5.74) is -0.366. The third kappa shape index (κ3) is 3.17. The molecule has 100 valence electrons. The lowest BCUT2D eigenvalue weighted by atomic mass is 9.68. The van der Waals surface area contributed by atoms with E-state index < -0.39 is 0 Å². The van der Waals surface area contributed by atoms with Crippen LogP contribution in [-0.2, 0) is 9.31 Å². The Morgan fingerprint density at radius 1 is 1.00 bits per heavy atom. The topological polar surface area (TPSA) is 30.5 Å². The molecule has 17 heavy (non-hydrogen) atoms. The zero-order valence-electron chi connectivity index (χ0n) is 11.4. The second-order valence-electron chi connectivity index (χ2n) is 6.07. The van der Waals surface area contributed by atoms with Gasteiger partial charge in [-0.1, -0.05) is 6.42 Å². The van der Waals surface area contributed by atoms with Gasteiger partial charge in [-0.15, -0.1) is 12.4 Å². The molecular formula is C12H25BClNO2. The van der Waals surface area contributed by atoms with Crippen LogP contribution >= 0.6 is 12.4 Å². The lowest BCUT2D eigenvalue weighted by Crippen LogP contribution is -2.41. The van der Waals surface area contributed by atoms with Gasteiger partial charge in [-0.25, -0.2) is 0 Å². The van der Waals surface area contributed by atoms with Crippen LogP contribution in [0, 0.1) is 0 Å². The molecular weight excluding hydrogens is 236 g/mol. The molecule has 0 bridgehead atoms. The highest BCUT2D eigenvalue weighted by atomic mass is 35.5. The maximum Gasteiger partial charge on any atom is 0.461 e. The predicted molar refractivity (Wildman–Crippen MR) is 73.8 cm³/mol. The van der Waals surface area contributed by atoms with Gasteiger partial charge in [-0.05, 0) is 59.4 Å². The van der Waals surface area contributed by atoms with Crippen molar-refractivity contribution in [2.24, 2.45) is 0 Å². The molecule has 2 fully saturated rings. The molecule has 0 spiro atoms. The van der Waals surface area contributed by atoms with Gasteiger partial charge in [0.05, 0.1) is 11.2 Å². The Hall–Kier alpha value is 0.235. The van der Waals surface area contributed by atoms with Gasteiger partial charge >= 0.3 is 7.12 Å². The maximum absolute atomic E-state index is 6.11. The standard InChI is InChI=1S/C12H24BNO2.ClH/c1-11(2)12(3,4)16-13(15-11)10-6-5-8-14-9-7-10;/h10,14H,5-9H2,1-4H3;1H. The quantitative estimate of drug-likeness (QED) is 0.736. The molecule has 0 radical (unpaired) electrons. The Bertz CT molecular complexity index is 237. The second kappa shape index (κ2) is 5.47. The third-order valence-corrected chi connectivity index (χ3v) is 4.28. The van der Waals surface area contributed by atoms with Crippen molar-refractivity contribution in [3.8, 4) is 0 Å². The van der Waals surface area contributed by atoms with Crippen molar-refractivity contribution in [1.29, 1.82) is 0 Å². The lowest BCUT2D eigenvalue weighted by molar-refractivity contribution is 0.00578. The minimum atomic E-state index is -0.183. The molecule has 0 aromatic carbocycles. The molecule has 0 aromatic rings. The summed E-state index contributed by atoms with van der Waals surface area (Å²) in [6.07, 6.45) is 3.61. The zero-order chi connectivity index (χ0) is 11.8. The Balaban J connectivity index is 0.00000144. The van der Waals surface area contributed by atoms with Crippen LogP contribution in [0.15, 0.2) is 0 Å². The number of rotatable bonds is 1. The summed E-state index contributed by atoms with van der Waals surface area (Å²) in [5.74, 6) is 0.552. The van der Waals surface area contributed by atoms with E-state index in [-0.39, 0.29) is 30.7 Å². The average molecular weight is 262 g/mol. The van der Waals surface area contributed by atoms with Crippen LogP contribution in [0.1, 0.15) is 47.0 Å². The Morgan fingerprint density at radius 3 is 2.18 bits per heavy atom. The van der Waals surface area contributed by atoms with E-state index in [9.17, 15) is 0 Å². The molecule has 3 nitrogen and oxygen atoms in total. The van der Waals surface area contributed by atoms with Crippen molar-refractivity contribution < 1.29 is 9.31 Å². The van der Waals surface area contributed by atoms with Crippen molar-refractivity contribution in [2.45, 2.75) is 64.0 Å².